The highest BCUT2D eigenvalue weighted by Gasteiger charge is 2.44. The Hall–Kier alpha value is -1.39. The van der Waals surface area contributed by atoms with Crippen molar-refractivity contribution in [3.63, 3.8) is 0 Å². The van der Waals surface area contributed by atoms with Crippen molar-refractivity contribution < 1.29 is 9.53 Å². The lowest BCUT2D eigenvalue weighted by Gasteiger charge is -2.38. The summed E-state index contributed by atoms with van der Waals surface area (Å²) in [5.41, 5.74) is 7.17. The molecule has 17 heavy (non-hydrogen) atoms. The molecule has 0 aliphatic carbocycles. The molecule has 3 N–H and O–H groups in total. The normalized spacial score (nSPS) is 17.3. The molecule has 4 nitrogen and oxygen atoms in total. The van der Waals surface area contributed by atoms with Crippen molar-refractivity contribution in [3.8, 4) is 0 Å². The third-order valence-electron chi connectivity index (χ3n) is 3.25. The summed E-state index contributed by atoms with van der Waals surface area (Å²) in [7, 11) is 0. The van der Waals surface area contributed by atoms with Crippen molar-refractivity contribution in [2.24, 2.45) is 11.1 Å². The molecule has 1 saturated heterocycles. The van der Waals surface area contributed by atoms with Crippen molar-refractivity contribution in [2.75, 3.05) is 25.1 Å². The first-order chi connectivity index (χ1) is 8.20. The number of hydrogen-bond acceptors (Lipinski definition) is 3. The van der Waals surface area contributed by atoms with E-state index in [0.29, 0.717) is 19.8 Å². The Morgan fingerprint density at radius 3 is 2.47 bits per heavy atom. The smallest absolute Gasteiger partial charge is 0.236 e. The van der Waals surface area contributed by atoms with Gasteiger partial charge in [-0.25, -0.2) is 0 Å². The van der Waals surface area contributed by atoms with E-state index in [1.165, 1.54) is 5.56 Å². The topological polar surface area (TPSA) is 64.4 Å². The van der Waals surface area contributed by atoms with Crippen LogP contribution in [0.1, 0.15) is 12.5 Å². The number of hydrogen-bond donors (Lipinski definition) is 2. The van der Waals surface area contributed by atoms with Crippen LogP contribution in [0, 0.1) is 5.41 Å². The van der Waals surface area contributed by atoms with Crippen LogP contribution in [0.15, 0.2) is 24.3 Å². The zero-order valence-corrected chi connectivity index (χ0v) is 10.0. The van der Waals surface area contributed by atoms with Crippen LogP contribution < -0.4 is 11.1 Å². The molecule has 1 aromatic rings. The first-order valence-corrected chi connectivity index (χ1v) is 5.88. The van der Waals surface area contributed by atoms with Crippen molar-refractivity contribution in [2.45, 2.75) is 13.3 Å². The van der Waals surface area contributed by atoms with Crippen LogP contribution >= 0.6 is 0 Å². The van der Waals surface area contributed by atoms with E-state index in [1.54, 1.807) is 0 Å². The molecular weight excluding hydrogens is 216 g/mol. The third kappa shape index (κ3) is 2.33. The van der Waals surface area contributed by atoms with Gasteiger partial charge in [0.05, 0.1) is 13.2 Å². The average molecular weight is 234 g/mol. The molecule has 92 valence electrons. The molecule has 0 aromatic heterocycles. The van der Waals surface area contributed by atoms with Gasteiger partial charge in [0.25, 0.3) is 0 Å². The monoisotopic (exact) mass is 234 g/mol. The quantitative estimate of drug-likeness (QED) is 0.821. The van der Waals surface area contributed by atoms with Crippen LogP contribution in [-0.2, 0) is 16.0 Å². The Kier molecular flexibility index (Phi) is 3.45. The summed E-state index contributed by atoms with van der Waals surface area (Å²) in [6, 6.07) is 7.87. The van der Waals surface area contributed by atoms with Crippen LogP contribution in [0.25, 0.3) is 0 Å². The fourth-order valence-corrected chi connectivity index (χ4v) is 1.78. The second-order valence-corrected chi connectivity index (χ2v) is 4.48. The van der Waals surface area contributed by atoms with Gasteiger partial charge in [-0.3, -0.25) is 4.79 Å². The molecular formula is C13H18N2O2. The lowest BCUT2D eigenvalue weighted by molar-refractivity contribution is -0.153. The molecule has 4 heteroatoms. The van der Waals surface area contributed by atoms with E-state index in [2.05, 4.69) is 12.2 Å². The number of rotatable bonds is 4. The Bertz CT molecular complexity index is 391. The lowest BCUT2D eigenvalue weighted by atomic mass is 9.85. The number of nitrogens with two attached hydrogens (primary N) is 1. The molecule has 0 atom stereocenters. The van der Waals surface area contributed by atoms with Crippen molar-refractivity contribution in [1.82, 2.24) is 0 Å². The molecule has 0 bridgehead atoms. The van der Waals surface area contributed by atoms with E-state index in [0.717, 1.165) is 12.1 Å². The average Bonchev–Trinajstić information content (AvgIpc) is 2.29. The van der Waals surface area contributed by atoms with Crippen LogP contribution in [-0.4, -0.2) is 25.7 Å². The van der Waals surface area contributed by atoms with Gasteiger partial charge < -0.3 is 15.8 Å². The van der Waals surface area contributed by atoms with E-state index in [4.69, 9.17) is 10.5 Å². The molecule has 0 saturated carbocycles. The number of aryl methyl sites for hydroxylation is 1. The fraction of sp³-hybridized carbons (Fsp3) is 0.462. The van der Waals surface area contributed by atoms with Crippen LogP contribution in [0.4, 0.5) is 5.69 Å². The minimum Gasteiger partial charge on any atom is -0.379 e. The maximum absolute atomic E-state index is 12.0. The summed E-state index contributed by atoms with van der Waals surface area (Å²) in [6.07, 6.45) is 0.995. The van der Waals surface area contributed by atoms with Crippen LogP contribution in [0.2, 0.25) is 0 Å². The fourth-order valence-electron chi connectivity index (χ4n) is 1.78. The Morgan fingerprint density at radius 1 is 1.41 bits per heavy atom. The third-order valence-corrected chi connectivity index (χ3v) is 3.25. The number of anilines is 1. The molecule has 1 aromatic carbocycles. The molecule has 1 aliphatic rings. The van der Waals surface area contributed by atoms with Crippen LogP contribution in [0.5, 0.6) is 0 Å². The minimum atomic E-state index is -0.524. The van der Waals surface area contributed by atoms with Gasteiger partial charge in [0.15, 0.2) is 0 Å². The minimum absolute atomic E-state index is 0.0458. The standard InChI is InChI=1S/C13H18N2O2/c1-2-10-3-5-11(6-4-10)15-12(16)13(7-14)8-17-9-13/h3-6H,2,7-9,14H2,1H3,(H,15,16). The number of carbonyl (C=O) groups is 1. The molecule has 0 unspecified atom stereocenters. The van der Waals surface area contributed by atoms with Crippen molar-refractivity contribution in [1.29, 1.82) is 0 Å². The number of ether oxygens (including phenoxy) is 1. The Labute approximate surface area is 101 Å². The number of benzene rings is 1. The van der Waals surface area contributed by atoms with E-state index >= 15 is 0 Å². The SMILES string of the molecule is CCc1ccc(NC(=O)C2(CN)COC2)cc1. The van der Waals surface area contributed by atoms with Gasteiger partial charge >= 0.3 is 0 Å². The van der Waals surface area contributed by atoms with Crippen LogP contribution in [0.3, 0.4) is 0 Å². The first-order valence-electron chi connectivity index (χ1n) is 5.88. The Balaban J connectivity index is 2.02. The molecule has 1 aliphatic heterocycles. The highest BCUT2D eigenvalue weighted by Crippen LogP contribution is 2.27. The van der Waals surface area contributed by atoms with Crippen molar-refractivity contribution in [3.05, 3.63) is 29.8 Å². The van der Waals surface area contributed by atoms with E-state index in [1.807, 2.05) is 24.3 Å². The Morgan fingerprint density at radius 2 is 2.06 bits per heavy atom. The highest BCUT2D eigenvalue weighted by molar-refractivity contribution is 5.96. The summed E-state index contributed by atoms with van der Waals surface area (Å²) >= 11 is 0. The summed E-state index contributed by atoms with van der Waals surface area (Å²) < 4.78 is 5.08. The molecule has 1 fully saturated rings. The molecule has 1 heterocycles. The van der Waals surface area contributed by atoms with Crippen molar-refractivity contribution >= 4 is 11.6 Å². The maximum Gasteiger partial charge on any atom is 0.236 e. The second-order valence-electron chi connectivity index (χ2n) is 4.48. The molecule has 0 spiro atoms. The largest absolute Gasteiger partial charge is 0.379 e. The van der Waals surface area contributed by atoms with Gasteiger partial charge in [0, 0.05) is 12.2 Å². The predicted octanol–water partition coefficient (Wildman–Crippen LogP) is 1.16. The summed E-state index contributed by atoms with van der Waals surface area (Å²) in [6.45, 7) is 3.26. The van der Waals surface area contributed by atoms with Gasteiger partial charge in [-0.15, -0.1) is 0 Å². The van der Waals surface area contributed by atoms with Gasteiger partial charge in [-0.1, -0.05) is 19.1 Å². The predicted molar refractivity (Wildman–Crippen MR) is 66.8 cm³/mol. The first kappa shape index (κ1) is 12.1. The van der Waals surface area contributed by atoms with E-state index in [-0.39, 0.29) is 5.91 Å². The lowest BCUT2D eigenvalue weighted by Crippen LogP contribution is -2.56. The molecule has 0 radical (unpaired) electrons. The number of amides is 1. The van der Waals surface area contributed by atoms with Gasteiger partial charge in [-0.05, 0) is 24.1 Å². The maximum atomic E-state index is 12.0. The summed E-state index contributed by atoms with van der Waals surface area (Å²) in [5.74, 6) is -0.0458. The number of carbonyl (C=O) groups excluding carboxylic acids is 1. The zero-order valence-electron chi connectivity index (χ0n) is 10.0. The summed E-state index contributed by atoms with van der Waals surface area (Å²) in [4.78, 5) is 12.0. The zero-order chi connectivity index (χ0) is 12.3. The van der Waals surface area contributed by atoms with E-state index in [9.17, 15) is 4.79 Å². The second kappa shape index (κ2) is 4.85. The highest BCUT2D eigenvalue weighted by atomic mass is 16.5. The molecule has 1 amide bonds. The van der Waals surface area contributed by atoms with Gasteiger partial charge in [-0.2, -0.15) is 0 Å². The molecule has 2 rings (SSSR count). The summed E-state index contributed by atoms with van der Waals surface area (Å²) in [5, 5.41) is 2.89. The van der Waals surface area contributed by atoms with Gasteiger partial charge in [0.1, 0.15) is 5.41 Å². The van der Waals surface area contributed by atoms with E-state index < -0.39 is 5.41 Å². The number of nitrogens with one attached hydrogen (secondary N) is 1. The van der Waals surface area contributed by atoms with Gasteiger partial charge in [0.2, 0.25) is 5.91 Å².